The third kappa shape index (κ3) is 7.80. The Morgan fingerprint density at radius 2 is 1.74 bits per heavy atom. The Morgan fingerprint density at radius 1 is 1.05 bits per heavy atom. The molecule has 11 heteroatoms. The first-order chi connectivity index (χ1) is 19.7. The van der Waals surface area contributed by atoms with E-state index in [1.807, 2.05) is 31.2 Å². The van der Waals surface area contributed by atoms with Crippen LogP contribution >= 0.6 is 0 Å². The summed E-state index contributed by atoms with van der Waals surface area (Å²) in [5.74, 6) is -1.43. The van der Waals surface area contributed by atoms with Gasteiger partial charge in [0, 0.05) is 12.6 Å². The van der Waals surface area contributed by atoms with Gasteiger partial charge in [-0.05, 0) is 75.1 Å². The number of aliphatic carboxylic acids is 1. The van der Waals surface area contributed by atoms with Gasteiger partial charge >= 0.3 is 12.1 Å². The molecule has 0 aliphatic heterocycles. The summed E-state index contributed by atoms with van der Waals surface area (Å²) in [6.07, 6.45) is 4.36. The molecule has 1 atom stereocenters. The lowest BCUT2D eigenvalue weighted by Gasteiger charge is -2.30. The lowest BCUT2D eigenvalue weighted by molar-refractivity contribution is -0.135. The van der Waals surface area contributed by atoms with Crippen LogP contribution in [0.15, 0.2) is 78.0 Å². The molecule has 0 saturated carbocycles. The van der Waals surface area contributed by atoms with E-state index in [1.165, 1.54) is 30.5 Å². The van der Waals surface area contributed by atoms with E-state index in [0.29, 0.717) is 5.56 Å². The van der Waals surface area contributed by atoms with E-state index < -0.39 is 38.9 Å². The second kappa shape index (κ2) is 13.3. The number of aromatic nitrogens is 2. The maximum absolute atomic E-state index is 14.1. The topological polar surface area (TPSA) is 153 Å². The number of carboxylic acid groups (broad SMARTS) is 1. The first-order valence-electron chi connectivity index (χ1n) is 13.6. The summed E-state index contributed by atoms with van der Waals surface area (Å²) >= 11 is 0. The van der Waals surface area contributed by atoms with Crippen molar-refractivity contribution in [3.63, 3.8) is 0 Å². The summed E-state index contributed by atoms with van der Waals surface area (Å²) in [4.78, 5) is 31.8. The molecule has 3 N–H and O–H groups in total. The van der Waals surface area contributed by atoms with Crippen LogP contribution in [0, 0.1) is 0 Å². The number of ether oxygens (including phenoxy) is 1. The number of amides is 1. The highest BCUT2D eigenvalue weighted by molar-refractivity contribution is 7.92. The molecule has 3 aromatic rings. The number of nitrogens with two attached hydrogens (primary N) is 1. The Hall–Kier alpha value is -4.09. The number of hydrogen-bond acceptors (Lipinski definition) is 8. The van der Waals surface area contributed by atoms with Crippen LogP contribution in [-0.4, -0.2) is 47.7 Å². The van der Waals surface area contributed by atoms with Gasteiger partial charge in [-0.15, -0.1) is 0 Å². The highest BCUT2D eigenvalue weighted by Gasteiger charge is 2.45. The number of hydrogen-bond donors (Lipinski definition) is 2. The Labute approximate surface area is 247 Å². The van der Waals surface area contributed by atoms with Gasteiger partial charge in [-0.1, -0.05) is 55.8 Å². The summed E-state index contributed by atoms with van der Waals surface area (Å²) in [7, 11) is -4.36. The first-order valence-corrected chi connectivity index (χ1v) is 15.1. The maximum atomic E-state index is 14.1. The van der Waals surface area contributed by atoms with Crippen LogP contribution in [0.1, 0.15) is 64.3 Å². The minimum absolute atomic E-state index is 0.0901. The molecule has 1 aromatic carbocycles. The van der Waals surface area contributed by atoms with Gasteiger partial charge in [-0.2, -0.15) is 0 Å². The van der Waals surface area contributed by atoms with E-state index in [-0.39, 0.29) is 23.0 Å². The highest BCUT2D eigenvalue weighted by atomic mass is 32.2. The molecule has 2 aromatic heterocycles. The van der Waals surface area contributed by atoms with Crippen molar-refractivity contribution in [2.24, 2.45) is 5.73 Å². The molecule has 0 saturated heterocycles. The molecule has 42 heavy (non-hydrogen) atoms. The van der Waals surface area contributed by atoms with Crippen molar-refractivity contribution in [3.05, 3.63) is 89.8 Å². The molecule has 3 rings (SSSR count). The minimum atomic E-state index is -4.36. The van der Waals surface area contributed by atoms with Gasteiger partial charge in [0.2, 0.25) is 9.84 Å². The molecule has 0 aliphatic rings. The number of pyridine rings is 2. The molecule has 0 fully saturated rings. The molecule has 0 radical (unpaired) electrons. The largest absolute Gasteiger partial charge is 0.480 e. The number of allylic oxidation sites excluding steroid dienone is 2. The number of benzene rings is 1. The Morgan fingerprint density at radius 3 is 2.31 bits per heavy atom. The Kier molecular flexibility index (Phi) is 10.2. The van der Waals surface area contributed by atoms with E-state index >= 15 is 0 Å². The fourth-order valence-corrected chi connectivity index (χ4v) is 5.76. The number of carbonyl (C=O) groups is 2. The van der Waals surface area contributed by atoms with Crippen LogP contribution in [0.4, 0.5) is 10.6 Å². The number of carboxylic acids is 1. The number of sulfone groups is 1. The van der Waals surface area contributed by atoms with Crippen molar-refractivity contribution in [3.8, 4) is 0 Å². The smallest absolute Gasteiger partial charge is 0.416 e. The van der Waals surface area contributed by atoms with Crippen LogP contribution in [-0.2, 0) is 30.7 Å². The van der Waals surface area contributed by atoms with E-state index in [4.69, 9.17) is 10.5 Å². The summed E-state index contributed by atoms with van der Waals surface area (Å²) in [6, 6.07) is 16.2. The second-order valence-corrected chi connectivity index (χ2v) is 13.1. The quantitative estimate of drug-likeness (QED) is 0.300. The van der Waals surface area contributed by atoms with Gasteiger partial charge in [0.1, 0.15) is 18.0 Å². The van der Waals surface area contributed by atoms with Gasteiger partial charge in [0.15, 0.2) is 9.90 Å². The lowest BCUT2D eigenvalue weighted by Crippen LogP contribution is -2.48. The average molecular weight is 595 g/mol. The number of rotatable bonds is 11. The molecule has 1 amide bonds. The van der Waals surface area contributed by atoms with Crippen LogP contribution in [0.5, 0.6) is 0 Å². The van der Waals surface area contributed by atoms with E-state index in [0.717, 1.165) is 28.9 Å². The third-order valence-electron chi connectivity index (χ3n) is 6.36. The number of unbranched alkanes of at least 4 members (excludes halogenated alkanes) is 1. The average Bonchev–Trinajstić information content (AvgIpc) is 2.94. The fraction of sp³-hybridized carbons (Fsp3) is 0.355. The number of carbonyl (C=O) groups excluding carboxylic acids is 1. The van der Waals surface area contributed by atoms with Gasteiger partial charge in [-0.3, -0.25) is 9.69 Å². The zero-order valence-corrected chi connectivity index (χ0v) is 25.4. The number of nitrogens with zero attached hydrogens (tertiary/aromatic N) is 3. The van der Waals surface area contributed by atoms with Crippen LogP contribution in [0.2, 0.25) is 0 Å². The second-order valence-electron chi connectivity index (χ2n) is 11.0. The highest BCUT2D eigenvalue weighted by Crippen LogP contribution is 2.34. The standard InChI is InChI=1S/C31H38N4O6S/c1-6-7-11-22(2)24-17-15-23(16-18-24)20-31(32,42(39,40)27-14-8-9-19-33-27)25-12-10-13-26(34-25)35(21-28(36)37)29(38)41-30(3,4)5/h8-19H,6-7,20-21,32H2,1-5H3,(H,36,37)/b22-11+. The zero-order valence-electron chi connectivity index (χ0n) is 24.6. The SMILES string of the molecule is CCC/C=C(\C)c1ccc(CC(N)(c2cccc(N(CC(=O)O)C(=O)OC(C)(C)C)n2)S(=O)(=O)c2ccccn2)cc1. The molecule has 0 aliphatic carbocycles. The Bertz CT molecular complexity index is 1530. The monoisotopic (exact) mass is 594 g/mol. The first kappa shape index (κ1) is 32.4. The van der Waals surface area contributed by atoms with Gasteiger partial charge in [0.05, 0.1) is 5.69 Å². The molecule has 1 unspecified atom stereocenters. The summed E-state index contributed by atoms with van der Waals surface area (Å²) in [6.45, 7) is 8.29. The molecule has 10 nitrogen and oxygen atoms in total. The molecular weight excluding hydrogens is 556 g/mol. The van der Waals surface area contributed by atoms with Crippen LogP contribution in [0.25, 0.3) is 5.57 Å². The molecule has 2 heterocycles. The number of anilines is 1. The van der Waals surface area contributed by atoms with Gasteiger partial charge < -0.3 is 15.6 Å². The maximum Gasteiger partial charge on any atom is 0.416 e. The normalized spacial score (nSPS) is 13.7. The predicted octanol–water partition coefficient (Wildman–Crippen LogP) is 5.33. The van der Waals surface area contributed by atoms with E-state index in [9.17, 15) is 23.1 Å². The zero-order chi connectivity index (χ0) is 31.1. The summed E-state index contributed by atoms with van der Waals surface area (Å²) < 4.78 is 33.6. The van der Waals surface area contributed by atoms with Gasteiger partial charge in [0.25, 0.3) is 0 Å². The predicted molar refractivity (Wildman–Crippen MR) is 161 cm³/mol. The lowest BCUT2D eigenvalue weighted by atomic mass is 9.99. The molecule has 0 spiro atoms. The Balaban J connectivity index is 2.14. The van der Waals surface area contributed by atoms with Crippen molar-refractivity contribution in [1.29, 1.82) is 0 Å². The van der Waals surface area contributed by atoms with Crippen molar-refractivity contribution in [1.82, 2.24) is 9.97 Å². The third-order valence-corrected chi connectivity index (χ3v) is 8.46. The molecular formula is C31H38N4O6S. The van der Waals surface area contributed by atoms with Crippen LogP contribution in [0.3, 0.4) is 0 Å². The molecule has 224 valence electrons. The van der Waals surface area contributed by atoms with Crippen molar-refractivity contribution in [2.75, 3.05) is 11.4 Å². The molecule has 0 bridgehead atoms. The van der Waals surface area contributed by atoms with Gasteiger partial charge in [-0.25, -0.2) is 23.2 Å². The minimum Gasteiger partial charge on any atom is -0.480 e. The fourth-order valence-electron chi connectivity index (χ4n) is 4.18. The van der Waals surface area contributed by atoms with Crippen molar-refractivity contribution < 1.29 is 27.9 Å². The van der Waals surface area contributed by atoms with E-state index in [1.54, 1.807) is 32.9 Å². The van der Waals surface area contributed by atoms with Crippen molar-refractivity contribution in [2.45, 2.75) is 69.4 Å². The summed E-state index contributed by atoms with van der Waals surface area (Å²) in [5, 5.41) is 9.25. The van der Waals surface area contributed by atoms with E-state index in [2.05, 4.69) is 23.0 Å². The van der Waals surface area contributed by atoms with Crippen LogP contribution < -0.4 is 10.6 Å². The van der Waals surface area contributed by atoms with Crippen molar-refractivity contribution >= 4 is 33.3 Å². The summed E-state index contributed by atoms with van der Waals surface area (Å²) in [5.41, 5.74) is 8.56.